The Kier molecular flexibility index (Phi) is 3.21. The van der Waals surface area contributed by atoms with Crippen LogP contribution >= 0.6 is 39.1 Å². The van der Waals surface area contributed by atoms with Crippen LogP contribution in [0.15, 0.2) is 18.2 Å². The third-order valence-electron chi connectivity index (χ3n) is 4.34. The van der Waals surface area contributed by atoms with E-state index in [1.807, 2.05) is 12.1 Å². The van der Waals surface area contributed by atoms with E-state index in [0.717, 1.165) is 28.6 Å². The van der Waals surface area contributed by atoms with Gasteiger partial charge in [0.05, 0.1) is 10.0 Å². The zero-order valence-electron chi connectivity index (χ0n) is 9.56. The molecule has 0 spiro atoms. The van der Waals surface area contributed by atoms with Gasteiger partial charge in [-0.2, -0.15) is 0 Å². The van der Waals surface area contributed by atoms with E-state index in [0.29, 0.717) is 10.4 Å². The van der Waals surface area contributed by atoms with Gasteiger partial charge in [-0.05, 0) is 54.6 Å². The highest BCUT2D eigenvalue weighted by Gasteiger charge is 2.53. The van der Waals surface area contributed by atoms with Gasteiger partial charge in [-0.15, -0.1) is 0 Å². The van der Waals surface area contributed by atoms with Crippen LogP contribution in [0, 0.1) is 17.3 Å². The van der Waals surface area contributed by atoms with Gasteiger partial charge in [0.15, 0.2) is 0 Å². The highest BCUT2D eigenvalue weighted by atomic mass is 79.9. The Bertz CT molecular complexity index is 434. The number of benzene rings is 1. The Balaban J connectivity index is 1.83. The van der Waals surface area contributed by atoms with Gasteiger partial charge in [-0.3, -0.25) is 0 Å². The molecule has 3 rings (SSSR count). The van der Waals surface area contributed by atoms with Crippen LogP contribution in [-0.4, -0.2) is 5.33 Å². The van der Waals surface area contributed by atoms with Crippen molar-refractivity contribution in [1.82, 2.24) is 0 Å². The smallest absolute Gasteiger partial charge is 0.0624 e. The Hall–Kier alpha value is 0.280. The first-order chi connectivity index (χ1) is 8.13. The van der Waals surface area contributed by atoms with E-state index < -0.39 is 0 Å². The van der Waals surface area contributed by atoms with Crippen molar-refractivity contribution in [1.29, 1.82) is 0 Å². The number of alkyl halides is 1. The van der Waals surface area contributed by atoms with Crippen molar-refractivity contribution in [3.05, 3.63) is 33.8 Å². The SMILES string of the molecule is Clc1cccc(CC2(CBr)CC3CC3C2)c1Cl. The van der Waals surface area contributed by atoms with Gasteiger partial charge in [0.2, 0.25) is 0 Å². The predicted octanol–water partition coefficient (Wildman–Crippen LogP) is 5.35. The van der Waals surface area contributed by atoms with Crippen LogP contribution in [-0.2, 0) is 6.42 Å². The van der Waals surface area contributed by atoms with Crippen LogP contribution in [0.4, 0.5) is 0 Å². The molecule has 3 heteroatoms. The summed E-state index contributed by atoms with van der Waals surface area (Å²) in [6.07, 6.45) is 5.22. The topological polar surface area (TPSA) is 0 Å². The molecule has 2 unspecified atom stereocenters. The Morgan fingerprint density at radius 1 is 1.24 bits per heavy atom. The quantitative estimate of drug-likeness (QED) is 0.654. The summed E-state index contributed by atoms with van der Waals surface area (Å²) in [7, 11) is 0. The zero-order valence-corrected chi connectivity index (χ0v) is 12.7. The molecule has 2 saturated carbocycles. The third kappa shape index (κ3) is 2.27. The second-order valence-corrected chi connectivity index (χ2v) is 7.03. The molecule has 17 heavy (non-hydrogen) atoms. The molecule has 2 aliphatic rings. The number of fused-ring (bicyclic) bond motifs is 1. The van der Waals surface area contributed by atoms with Crippen LogP contribution < -0.4 is 0 Å². The van der Waals surface area contributed by atoms with Gasteiger partial charge < -0.3 is 0 Å². The molecular weight excluding hydrogens is 319 g/mol. The molecule has 0 radical (unpaired) electrons. The molecule has 1 aromatic carbocycles. The molecule has 2 fully saturated rings. The Morgan fingerprint density at radius 3 is 2.59 bits per heavy atom. The summed E-state index contributed by atoms with van der Waals surface area (Å²) >= 11 is 16.1. The van der Waals surface area contributed by atoms with E-state index in [4.69, 9.17) is 23.2 Å². The van der Waals surface area contributed by atoms with E-state index in [1.165, 1.54) is 24.8 Å². The average Bonchev–Trinajstić information content (AvgIpc) is 2.94. The molecule has 2 atom stereocenters. The van der Waals surface area contributed by atoms with Crippen LogP contribution in [0.3, 0.4) is 0 Å². The molecule has 0 bridgehead atoms. The van der Waals surface area contributed by atoms with Gasteiger partial charge in [-0.25, -0.2) is 0 Å². The second kappa shape index (κ2) is 4.43. The van der Waals surface area contributed by atoms with Crippen molar-refractivity contribution >= 4 is 39.1 Å². The fourth-order valence-electron chi connectivity index (χ4n) is 3.40. The summed E-state index contributed by atoms with van der Waals surface area (Å²) in [5.41, 5.74) is 1.63. The largest absolute Gasteiger partial charge is 0.0922 e. The molecule has 0 aliphatic heterocycles. The molecule has 1 aromatic rings. The fourth-order valence-corrected chi connectivity index (χ4v) is 4.44. The van der Waals surface area contributed by atoms with E-state index in [1.54, 1.807) is 0 Å². The van der Waals surface area contributed by atoms with Crippen molar-refractivity contribution in [2.75, 3.05) is 5.33 Å². The number of hydrogen-bond acceptors (Lipinski definition) is 0. The van der Waals surface area contributed by atoms with Gasteiger partial charge >= 0.3 is 0 Å². The van der Waals surface area contributed by atoms with Crippen molar-refractivity contribution in [2.24, 2.45) is 17.3 Å². The average molecular weight is 334 g/mol. The fraction of sp³-hybridized carbons (Fsp3) is 0.571. The summed E-state index contributed by atoms with van der Waals surface area (Å²) in [6.45, 7) is 0. The molecule has 2 aliphatic carbocycles. The Morgan fingerprint density at radius 2 is 1.94 bits per heavy atom. The Labute approximate surface area is 121 Å². The molecule has 92 valence electrons. The molecule has 0 saturated heterocycles. The maximum atomic E-state index is 6.29. The molecule has 0 amide bonds. The molecule has 0 nitrogen and oxygen atoms in total. The van der Waals surface area contributed by atoms with Crippen LogP contribution in [0.2, 0.25) is 10.0 Å². The first kappa shape index (κ1) is 12.3. The lowest BCUT2D eigenvalue weighted by atomic mass is 9.79. The van der Waals surface area contributed by atoms with Crippen LogP contribution in [0.1, 0.15) is 24.8 Å². The lowest BCUT2D eigenvalue weighted by molar-refractivity contribution is 0.308. The van der Waals surface area contributed by atoms with Gasteiger partial charge in [0.25, 0.3) is 0 Å². The van der Waals surface area contributed by atoms with Gasteiger partial charge in [0.1, 0.15) is 0 Å². The standard InChI is InChI=1S/C14H15BrCl2/c15-8-14(6-10-4-11(10)7-14)5-9-2-1-3-12(16)13(9)17/h1-3,10-11H,4-8H2. The lowest BCUT2D eigenvalue weighted by Crippen LogP contribution is -2.23. The van der Waals surface area contributed by atoms with E-state index in [-0.39, 0.29) is 0 Å². The van der Waals surface area contributed by atoms with Crippen molar-refractivity contribution in [3.8, 4) is 0 Å². The molecule has 0 heterocycles. The summed E-state index contributed by atoms with van der Waals surface area (Å²) in [6, 6.07) is 5.98. The zero-order chi connectivity index (χ0) is 12.0. The highest BCUT2D eigenvalue weighted by molar-refractivity contribution is 9.09. The summed E-state index contributed by atoms with van der Waals surface area (Å²) < 4.78 is 0. The van der Waals surface area contributed by atoms with E-state index in [2.05, 4.69) is 22.0 Å². The monoisotopic (exact) mass is 332 g/mol. The minimum atomic E-state index is 0.419. The van der Waals surface area contributed by atoms with Crippen LogP contribution in [0.25, 0.3) is 0 Å². The lowest BCUT2D eigenvalue weighted by Gasteiger charge is -2.29. The highest BCUT2D eigenvalue weighted by Crippen LogP contribution is 2.61. The number of hydrogen-bond donors (Lipinski definition) is 0. The minimum absolute atomic E-state index is 0.419. The maximum Gasteiger partial charge on any atom is 0.0624 e. The van der Waals surface area contributed by atoms with E-state index >= 15 is 0 Å². The first-order valence-corrected chi connectivity index (χ1v) is 8.00. The molecule has 0 N–H and O–H groups in total. The second-order valence-electron chi connectivity index (χ2n) is 5.69. The summed E-state index contributed by atoms with van der Waals surface area (Å²) in [5, 5.41) is 2.50. The number of halogens is 3. The molecular formula is C14H15BrCl2. The van der Waals surface area contributed by atoms with Crippen LogP contribution in [0.5, 0.6) is 0 Å². The van der Waals surface area contributed by atoms with Crippen molar-refractivity contribution in [3.63, 3.8) is 0 Å². The van der Waals surface area contributed by atoms with Crippen molar-refractivity contribution < 1.29 is 0 Å². The first-order valence-electron chi connectivity index (χ1n) is 6.12. The van der Waals surface area contributed by atoms with Gasteiger partial charge in [0, 0.05) is 5.33 Å². The normalized spacial score (nSPS) is 34.8. The maximum absolute atomic E-state index is 6.29. The van der Waals surface area contributed by atoms with E-state index in [9.17, 15) is 0 Å². The van der Waals surface area contributed by atoms with Crippen molar-refractivity contribution in [2.45, 2.75) is 25.7 Å². The third-order valence-corrected chi connectivity index (χ3v) is 6.39. The predicted molar refractivity (Wildman–Crippen MR) is 77.2 cm³/mol. The minimum Gasteiger partial charge on any atom is -0.0922 e. The molecule has 0 aromatic heterocycles. The summed E-state index contributed by atoms with van der Waals surface area (Å²) in [4.78, 5) is 0. The number of rotatable bonds is 3. The summed E-state index contributed by atoms with van der Waals surface area (Å²) in [5.74, 6) is 1.98. The van der Waals surface area contributed by atoms with Gasteiger partial charge in [-0.1, -0.05) is 51.3 Å².